The lowest BCUT2D eigenvalue weighted by Gasteiger charge is -2.12. The van der Waals surface area contributed by atoms with Crippen molar-refractivity contribution in [3.8, 4) is 5.75 Å². The Labute approximate surface area is 165 Å². The fourth-order valence-electron chi connectivity index (χ4n) is 2.90. The fraction of sp³-hybridized carbons (Fsp3) is 0.350. The second-order valence-corrected chi connectivity index (χ2v) is 8.11. The van der Waals surface area contributed by atoms with Crippen molar-refractivity contribution in [2.45, 2.75) is 30.8 Å². The molecule has 0 aliphatic carbocycles. The minimum Gasteiger partial charge on any atom is -0.494 e. The topological polar surface area (TPSA) is 93.7 Å². The Bertz CT molecular complexity index is 889. The molecule has 7 nitrogen and oxygen atoms in total. The van der Waals surface area contributed by atoms with E-state index in [-0.39, 0.29) is 16.9 Å². The Morgan fingerprint density at radius 2 is 1.86 bits per heavy atom. The number of amides is 1. The molecule has 0 radical (unpaired) electrons. The van der Waals surface area contributed by atoms with E-state index in [1.807, 2.05) is 6.92 Å². The number of anilines is 1. The van der Waals surface area contributed by atoms with Crippen LogP contribution in [-0.2, 0) is 14.8 Å². The van der Waals surface area contributed by atoms with E-state index in [9.17, 15) is 13.2 Å². The van der Waals surface area contributed by atoms with Gasteiger partial charge in [-0.1, -0.05) is 0 Å². The normalized spacial score (nSPS) is 16.5. The molecule has 1 aliphatic rings. The number of hydrogen-bond acceptors (Lipinski definition) is 5. The van der Waals surface area contributed by atoms with Crippen molar-refractivity contribution in [3.63, 3.8) is 0 Å². The van der Waals surface area contributed by atoms with Crippen molar-refractivity contribution < 1.29 is 22.7 Å². The average Bonchev–Trinajstić information content (AvgIpc) is 3.21. The maximum absolute atomic E-state index is 12.5. The number of rotatable bonds is 8. The molecule has 1 saturated heterocycles. The van der Waals surface area contributed by atoms with Crippen LogP contribution in [0.1, 0.15) is 30.1 Å². The molecule has 1 heterocycles. The Morgan fingerprint density at radius 1 is 1.14 bits per heavy atom. The first-order chi connectivity index (χ1) is 13.5. The zero-order chi connectivity index (χ0) is 20.0. The van der Waals surface area contributed by atoms with Gasteiger partial charge in [-0.2, -0.15) is 0 Å². The number of hydrogen-bond donors (Lipinski definition) is 2. The van der Waals surface area contributed by atoms with Gasteiger partial charge in [0.1, 0.15) is 5.75 Å². The largest absolute Gasteiger partial charge is 0.494 e. The predicted octanol–water partition coefficient (Wildman–Crippen LogP) is 2.79. The lowest BCUT2D eigenvalue weighted by Crippen LogP contribution is -2.31. The Balaban J connectivity index is 1.61. The number of benzene rings is 2. The highest BCUT2D eigenvalue weighted by molar-refractivity contribution is 7.92. The highest BCUT2D eigenvalue weighted by atomic mass is 32.2. The van der Waals surface area contributed by atoms with Gasteiger partial charge in [-0.05, 0) is 68.3 Å². The maximum Gasteiger partial charge on any atom is 0.261 e. The number of carbonyl (C=O) groups is 1. The molecule has 28 heavy (non-hydrogen) atoms. The summed E-state index contributed by atoms with van der Waals surface area (Å²) < 4.78 is 38.4. The first kappa shape index (κ1) is 20.2. The van der Waals surface area contributed by atoms with Crippen LogP contribution in [0.4, 0.5) is 5.69 Å². The minimum absolute atomic E-state index is 0.0573. The third-order valence-corrected chi connectivity index (χ3v) is 5.76. The van der Waals surface area contributed by atoms with Crippen molar-refractivity contribution in [3.05, 3.63) is 54.1 Å². The zero-order valence-electron chi connectivity index (χ0n) is 15.7. The molecule has 0 bridgehead atoms. The van der Waals surface area contributed by atoms with Gasteiger partial charge in [-0.15, -0.1) is 0 Å². The molecule has 1 atom stereocenters. The van der Waals surface area contributed by atoms with Crippen molar-refractivity contribution >= 4 is 21.6 Å². The van der Waals surface area contributed by atoms with Gasteiger partial charge in [-0.25, -0.2) is 8.42 Å². The van der Waals surface area contributed by atoms with Gasteiger partial charge in [0.15, 0.2) is 0 Å². The summed E-state index contributed by atoms with van der Waals surface area (Å²) in [5.74, 6) is 0.419. The van der Waals surface area contributed by atoms with E-state index < -0.39 is 10.0 Å². The van der Waals surface area contributed by atoms with Crippen LogP contribution >= 0.6 is 0 Å². The van der Waals surface area contributed by atoms with Gasteiger partial charge >= 0.3 is 0 Å². The summed E-state index contributed by atoms with van der Waals surface area (Å²) in [6.45, 7) is 3.61. The molecule has 1 unspecified atom stereocenters. The first-order valence-corrected chi connectivity index (χ1v) is 10.7. The van der Waals surface area contributed by atoms with E-state index in [1.54, 1.807) is 24.3 Å². The molecule has 2 aromatic rings. The van der Waals surface area contributed by atoms with Crippen LogP contribution in [0.3, 0.4) is 0 Å². The zero-order valence-corrected chi connectivity index (χ0v) is 16.5. The Morgan fingerprint density at radius 3 is 2.46 bits per heavy atom. The molecule has 1 aliphatic heterocycles. The summed E-state index contributed by atoms with van der Waals surface area (Å²) in [6, 6.07) is 12.5. The second-order valence-electron chi connectivity index (χ2n) is 6.43. The number of ether oxygens (including phenoxy) is 2. The summed E-state index contributed by atoms with van der Waals surface area (Å²) in [7, 11) is -3.75. The molecule has 1 amide bonds. The lowest BCUT2D eigenvalue weighted by atomic mass is 10.2. The van der Waals surface area contributed by atoms with Gasteiger partial charge < -0.3 is 14.8 Å². The predicted molar refractivity (Wildman–Crippen MR) is 106 cm³/mol. The monoisotopic (exact) mass is 404 g/mol. The molecule has 0 spiro atoms. The molecular formula is C20H24N2O5S. The quantitative estimate of drug-likeness (QED) is 0.706. The molecule has 150 valence electrons. The van der Waals surface area contributed by atoms with Gasteiger partial charge in [0.05, 0.1) is 17.6 Å². The third-order valence-electron chi connectivity index (χ3n) is 4.36. The maximum atomic E-state index is 12.5. The van der Waals surface area contributed by atoms with E-state index in [2.05, 4.69) is 10.0 Å². The molecular weight excluding hydrogens is 380 g/mol. The Kier molecular flexibility index (Phi) is 6.53. The van der Waals surface area contributed by atoms with Crippen LogP contribution in [0.2, 0.25) is 0 Å². The van der Waals surface area contributed by atoms with Gasteiger partial charge in [0.25, 0.3) is 15.9 Å². The number of sulfonamides is 1. The summed E-state index contributed by atoms with van der Waals surface area (Å²) in [5, 5.41) is 2.81. The molecule has 0 aromatic heterocycles. The molecule has 8 heteroatoms. The average molecular weight is 404 g/mol. The highest BCUT2D eigenvalue weighted by Crippen LogP contribution is 2.20. The molecule has 1 fully saturated rings. The van der Waals surface area contributed by atoms with Gasteiger partial charge in [-0.3, -0.25) is 9.52 Å². The van der Waals surface area contributed by atoms with Gasteiger partial charge in [0.2, 0.25) is 0 Å². The summed E-state index contributed by atoms with van der Waals surface area (Å²) in [6.07, 6.45) is 2.00. The molecule has 3 rings (SSSR count). The smallest absolute Gasteiger partial charge is 0.261 e. The van der Waals surface area contributed by atoms with Crippen LogP contribution in [0, 0.1) is 0 Å². The van der Waals surface area contributed by atoms with Gasteiger partial charge in [0, 0.05) is 24.4 Å². The summed E-state index contributed by atoms with van der Waals surface area (Å²) >= 11 is 0. The van der Waals surface area contributed by atoms with E-state index in [0.717, 1.165) is 19.4 Å². The van der Waals surface area contributed by atoms with Crippen LogP contribution < -0.4 is 14.8 Å². The van der Waals surface area contributed by atoms with Crippen molar-refractivity contribution in [1.29, 1.82) is 0 Å². The first-order valence-electron chi connectivity index (χ1n) is 9.23. The second kappa shape index (κ2) is 9.07. The highest BCUT2D eigenvalue weighted by Gasteiger charge is 2.18. The van der Waals surface area contributed by atoms with Crippen molar-refractivity contribution in [2.24, 2.45) is 0 Å². The lowest BCUT2D eigenvalue weighted by molar-refractivity contribution is 0.0857. The number of carbonyl (C=O) groups excluding carboxylic acids is 1. The Hall–Kier alpha value is -2.58. The van der Waals surface area contributed by atoms with Crippen molar-refractivity contribution in [1.82, 2.24) is 5.32 Å². The van der Waals surface area contributed by atoms with E-state index in [0.29, 0.717) is 30.2 Å². The summed E-state index contributed by atoms with van der Waals surface area (Å²) in [4.78, 5) is 12.3. The fourth-order valence-corrected chi connectivity index (χ4v) is 3.96. The SMILES string of the molecule is CCOc1ccc(NS(=O)(=O)c2ccc(C(=O)NCC3CCCO3)cc2)cc1. The van der Waals surface area contributed by atoms with E-state index in [1.165, 1.54) is 24.3 Å². The standard InChI is InChI=1S/C20H24N2O5S/c1-2-26-17-9-7-16(8-10-17)22-28(24,25)19-11-5-15(6-12-19)20(23)21-14-18-4-3-13-27-18/h5-12,18,22H,2-4,13-14H2,1H3,(H,21,23). The third kappa shape index (κ3) is 5.24. The molecule has 0 saturated carbocycles. The molecule has 2 aromatic carbocycles. The van der Waals surface area contributed by atoms with E-state index in [4.69, 9.17) is 9.47 Å². The van der Waals surface area contributed by atoms with Crippen LogP contribution in [0.25, 0.3) is 0 Å². The van der Waals surface area contributed by atoms with E-state index >= 15 is 0 Å². The van der Waals surface area contributed by atoms with Crippen LogP contribution in [0.5, 0.6) is 5.75 Å². The number of nitrogens with one attached hydrogen (secondary N) is 2. The molecule has 2 N–H and O–H groups in total. The van der Waals surface area contributed by atoms with Crippen molar-refractivity contribution in [2.75, 3.05) is 24.5 Å². The van der Waals surface area contributed by atoms with Crippen LogP contribution in [0.15, 0.2) is 53.4 Å². The minimum atomic E-state index is -3.75. The van der Waals surface area contributed by atoms with Crippen LogP contribution in [-0.4, -0.2) is 40.2 Å². The summed E-state index contributed by atoms with van der Waals surface area (Å²) in [5.41, 5.74) is 0.833.